The maximum atomic E-state index is 10.8. The standard InChI is InChI=1S/C12H8BrNO/c13-11-3-1-2-9(6-11)12-7-14-5-4-10(12)8-15/h1-8H. The van der Waals surface area contributed by atoms with Crippen LogP contribution in [0.2, 0.25) is 0 Å². The van der Waals surface area contributed by atoms with Gasteiger partial charge in [-0.3, -0.25) is 9.78 Å². The van der Waals surface area contributed by atoms with Gasteiger partial charge in [-0.2, -0.15) is 0 Å². The molecule has 0 bridgehead atoms. The molecule has 0 saturated heterocycles. The van der Waals surface area contributed by atoms with Gasteiger partial charge in [-0.1, -0.05) is 28.1 Å². The van der Waals surface area contributed by atoms with E-state index in [9.17, 15) is 4.79 Å². The predicted octanol–water partition coefficient (Wildman–Crippen LogP) is 3.32. The highest BCUT2D eigenvalue weighted by Crippen LogP contribution is 2.24. The van der Waals surface area contributed by atoms with E-state index in [1.54, 1.807) is 18.5 Å². The fourth-order valence-electron chi connectivity index (χ4n) is 1.41. The Morgan fingerprint density at radius 3 is 2.87 bits per heavy atom. The summed E-state index contributed by atoms with van der Waals surface area (Å²) in [7, 11) is 0. The van der Waals surface area contributed by atoms with Gasteiger partial charge in [-0.05, 0) is 23.8 Å². The monoisotopic (exact) mass is 261 g/mol. The molecule has 0 atom stereocenters. The molecule has 0 unspecified atom stereocenters. The number of hydrogen-bond acceptors (Lipinski definition) is 2. The van der Waals surface area contributed by atoms with Crippen LogP contribution in [0.5, 0.6) is 0 Å². The topological polar surface area (TPSA) is 30.0 Å². The van der Waals surface area contributed by atoms with Crippen molar-refractivity contribution in [2.45, 2.75) is 0 Å². The van der Waals surface area contributed by atoms with Crippen LogP contribution in [0.15, 0.2) is 47.2 Å². The number of aromatic nitrogens is 1. The van der Waals surface area contributed by atoms with Crippen LogP contribution in [0.3, 0.4) is 0 Å². The Balaban J connectivity index is 2.58. The molecule has 0 aliphatic heterocycles. The van der Waals surface area contributed by atoms with Gasteiger partial charge >= 0.3 is 0 Å². The van der Waals surface area contributed by atoms with E-state index in [1.165, 1.54) is 0 Å². The van der Waals surface area contributed by atoms with Crippen molar-refractivity contribution in [1.29, 1.82) is 0 Å². The van der Waals surface area contributed by atoms with Gasteiger partial charge in [-0.25, -0.2) is 0 Å². The highest BCUT2D eigenvalue weighted by atomic mass is 79.9. The van der Waals surface area contributed by atoms with E-state index in [2.05, 4.69) is 20.9 Å². The Bertz CT molecular complexity index is 496. The summed E-state index contributed by atoms with van der Waals surface area (Å²) < 4.78 is 0.987. The minimum absolute atomic E-state index is 0.656. The Labute approximate surface area is 96.1 Å². The summed E-state index contributed by atoms with van der Waals surface area (Å²) in [6, 6.07) is 9.50. The normalized spacial score (nSPS) is 9.93. The molecule has 0 aliphatic carbocycles. The molecule has 0 amide bonds. The van der Waals surface area contributed by atoms with Gasteiger partial charge < -0.3 is 0 Å². The number of rotatable bonds is 2. The Morgan fingerprint density at radius 2 is 2.13 bits per heavy atom. The third kappa shape index (κ3) is 2.13. The zero-order chi connectivity index (χ0) is 10.7. The predicted molar refractivity (Wildman–Crippen MR) is 62.8 cm³/mol. The summed E-state index contributed by atoms with van der Waals surface area (Å²) in [5.41, 5.74) is 2.50. The Hall–Kier alpha value is -1.48. The molecule has 0 N–H and O–H groups in total. The molecule has 1 heterocycles. The van der Waals surface area contributed by atoms with E-state index >= 15 is 0 Å². The summed E-state index contributed by atoms with van der Waals surface area (Å²) in [6.45, 7) is 0. The fourth-order valence-corrected chi connectivity index (χ4v) is 1.80. The average molecular weight is 262 g/mol. The minimum atomic E-state index is 0.656. The molecule has 0 fully saturated rings. The van der Waals surface area contributed by atoms with E-state index in [-0.39, 0.29) is 0 Å². The summed E-state index contributed by atoms with van der Waals surface area (Å²) >= 11 is 3.40. The SMILES string of the molecule is O=Cc1ccncc1-c1cccc(Br)c1. The van der Waals surface area contributed by atoms with Crippen molar-refractivity contribution in [2.75, 3.05) is 0 Å². The second kappa shape index (κ2) is 4.36. The fraction of sp³-hybridized carbons (Fsp3) is 0. The zero-order valence-electron chi connectivity index (χ0n) is 7.85. The van der Waals surface area contributed by atoms with Gasteiger partial charge in [0.2, 0.25) is 0 Å². The molecule has 0 spiro atoms. The van der Waals surface area contributed by atoms with Gasteiger partial charge in [-0.15, -0.1) is 0 Å². The lowest BCUT2D eigenvalue weighted by molar-refractivity contribution is 0.112. The molecule has 0 radical (unpaired) electrons. The van der Waals surface area contributed by atoms with Crippen LogP contribution in [0.25, 0.3) is 11.1 Å². The molecule has 74 valence electrons. The molecule has 2 rings (SSSR count). The van der Waals surface area contributed by atoms with Gasteiger partial charge in [0.15, 0.2) is 6.29 Å². The minimum Gasteiger partial charge on any atom is -0.298 e. The van der Waals surface area contributed by atoms with Crippen molar-refractivity contribution in [2.24, 2.45) is 0 Å². The molecule has 3 heteroatoms. The number of hydrogen-bond donors (Lipinski definition) is 0. The largest absolute Gasteiger partial charge is 0.298 e. The molecule has 1 aromatic heterocycles. The molecule has 2 aromatic rings. The lowest BCUT2D eigenvalue weighted by Crippen LogP contribution is -1.88. The first kappa shape index (κ1) is 10.1. The lowest BCUT2D eigenvalue weighted by Gasteiger charge is -2.04. The molecule has 2 nitrogen and oxygen atoms in total. The number of benzene rings is 1. The summed E-state index contributed by atoms with van der Waals surface area (Å²) in [6.07, 6.45) is 4.16. The second-order valence-electron chi connectivity index (χ2n) is 3.09. The van der Waals surface area contributed by atoms with Crippen LogP contribution in [0, 0.1) is 0 Å². The van der Waals surface area contributed by atoms with Gasteiger partial charge in [0.05, 0.1) is 0 Å². The van der Waals surface area contributed by atoms with Crippen molar-refractivity contribution in [3.8, 4) is 11.1 Å². The lowest BCUT2D eigenvalue weighted by atomic mass is 10.0. The molecule has 15 heavy (non-hydrogen) atoms. The Morgan fingerprint density at radius 1 is 1.27 bits per heavy atom. The zero-order valence-corrected chi connectivity index (χ0v) is 9.44. The summed E-state index contributed by atoms with van der Waals surface area (Å²) in [5, 5.41) is 0. The van der Waals surface area contributed by atoms with Crippen LogP contribution in [-0.2, 0) is 0 Å². The number of aldehydes is 1. The van der Waals surface area contributed by atoms with Gasteiger partial charge in [0, 0.05) is 28.0 Å². The van der Waals surface area contributed by atoms with Gasteiger partial charge in [0.1, 0.15) is 0 Å². The summed E-state index contributed by atoms with van der Waals surface area (Å²) in [5.74, 6) is 0. The average Bonchev–Trinajstić information content (AvgIpc) is 2.29. The molecular formula is C12H8BrNO. The first-order valence-electron chi connectivity index (χ1n) is 4.46. The van der Waals surface area contributed by atoms with E-state index in [1.807, 2.05) is 24.3 Å². The van der Waals surface area contributed by atoms with Crippen LogP contribution in [0.4, 0.5) is 0 Å². The third-order valence-electron chi connectivity index (χ3n) is 2.12. The van der Waals surface area contributed by atoms with E-state index in [0.717, 1.165) is 21.9 Å². The maximum Gasteiger partial charge on any atom is 0.150 e. The Kier molecular flexibility index (Phi) is 2.92. The number of carbonyl (C=O) groups is 1. The molecule has 0 aliphatic rings. The van der Waals surface area contributed by atoms with Crippen molar-refractivity contribution in [3.05, 3.63) is 52.8 Å². The first-order valence-corrected chi connectivity index (χ1v) is 5.25. The molecular weight excluding hydrogens is 254 g/mol. The van der Waals surface area contributed by atoms with E-state index in [4.69, 9.17) is 0 Å². The van der Waals surface area contributed by atoms with E-state index in [0.29, 0.717) is 5.56 Å². The van der Waals surface area contributed by atoms with Crippen LogP contribution in [-0.4, -0.2) is 11.3 Å². The smallest absolute Gasteiger partial charge is 0.150 e. The summed E-state index contributed by atoms with van der Waals surface area (Å²) in [4.78, 5) is 14.9. The molecule has 1 aromatic carbocycles. The molecule has 0 saturated carbocycles. The quantitative estimate of drug-likeness (QED) is 0.777. The highest BCUT2D eigenvalue weighted by molar-refractivity contribution is 9.10. The maximum absolute atomic E-state index is 10.8. The van der Waals surface area contributed by atoms with Crippen molar-refractivity contribution in [1.82, 2.24) is 4.98 Å². The van der Waals surface area contributed by atoms with Crippen LogP contribution >= 0.6 is 15.9 Å². The number of nitrogens with zero attached hydrogens (tertiary/aromatic N) is 1. The number of pyridine rings is 1. The number of halogens is 1. The van der Waals surface area contributed by atoms with Crippen molar-refractivity contribution < 1.29 is 4.79 Å². The van der Waals surface area contributed by atoms with E-state index < -0.39 is 0 Å². The third-order valence-corrected chi connectivity index (χ3v) is 2.61. The highest BCUT2D eigenvalue weighted by Gasteiger charge is 2.03. The first-order chi connectivity index (χ1) is 7.31. The van der Waals surface area contributed by atoms with Crippen LogP contribution < -0.4 is 0 Å². The van der Waals surface area contributed by atoms with Crippen molar-refractivity contribution >= 4 is 22.2 Å². The van der Waals surface area contributed by atoms with Gasteiger partial charge in [0.25, 0.3) is 0 Å². The second-order valence-corrected chi connectivity index (χ2v) is 4.01. The van der Waals surface area contributed by atoms with Crippen molar-refractivity contribution in [3.63, 3.8) is 0 Å². The number of carbonyl (C=O) groups excluding carboxylic acids is 1. The van der Waals surface area contributed by atoms with Crippen LogP contribution in [0.1, 0.15) is 10.4 Å².